The standard InChI is InChI=1S/C16H25FN2O/c1-3-5-13(6-4-2)16(20)19-11-14-8-7-12(10-18)9-15(14)17/h7-9,13H,3-6,10-11,18H2,1-2H3,(H,19,20). The van der Waals surface area contributed by atoms with E-state index in [9.17, 15) is 9.18 Å². The molecule has 1 amide bonds. The average molecular weight is 280 g/mol. The van der Waals surface area contributed by atoms with Crippen molar-refractivity contribution in [2.45, 2.75) is 52.6 Å². The zero-order valence-electron chi connectivity index (χ0n) is 12.4. The lowest BCUT2D eigenvalue weighted by molar-refractivity contribution is -0.125. The molecule has 0 aromatic heterocycles. The number of hydrogen-bond acceptors (Lipinski definition) is 2. The Bertz CT molecular complexity index is 428. The molecular formula is C16H25FN2O. The van der Waals surface area contributed by atoms with Crippen LogP contribution in [0.3, 0.4) is 0 Å². The Kier molecular flexibility index (Phi) is 7.23. The first kappa shape index (κ1) is 16.6. The lowest BCUT2D eigenvalue weighted by Gasteiger charge is -2.15. The first-order valence-electron chi connectivity index (χ1n) is 7.37. The topological polar surface area (TPSA) is 55.1 Å². The minimum Gasteiger partial charge on any atom is -0.352 e. The predicted molar refractivity (Wildman–Crippen MR) is 79.4 cm³/mol. The summed E-state index contributed by atoms with van der Waals surface area (Å²) in [5.74, 6) is -0.247. The molecular weight excluding hydrogens is 255 g/mol. The van der Waals surface area contributed by atoms with E-state index in [2.05, 4.69) is 19.2 Å². The number of amides is 1. The first-order valence-corrected chi connectivity index (χ1v) is 7.37. The zero-order chi connectivity index (χ0) is 15.0. The summed E-state index contributed by atoms with van der Waals surface area (Å²) in [6.45, 7) is 4.69. The highest BCUT2D eigenvalue weighted by atomic mass is 19.1. The molecule has 0 saturated heterocycles. The molecule has 0 aliphatic heterocycles. The van der Waals surface area contributed by atoms with Crippen LogP contribution in [0.15, 0.2) is 18.2 Å². The highest BCUT2D eigenvalue weighted by molar-refractivity contribution is 5.78. The molecule has 0 heterocycles. The Morgan fingerprint density at radius 2 is 1.95 bits per heavy atom. The van der Waals surface area contributed by atoms with E-state index in [-0.39, 0.29) is 24.2 Å². The smallest absolute Gasteiger partial charge is 0.223 e. The van der Waals surface area contributed by atoms with Gasteiger partial charge in [0.25, 0.3) is 0 Å². The van der Waals surface area contributed by atoms with Crippen LogP contribution in [-0.4, -0.2) is 5.91 Å². The normalized spacial score (nSPS) is 10.8. The molecule has 20 heavy (non-hydrogen) atoms. The van der Waals surface area contributed by atoms with Gasteiger partial charge in [-0.25, -0.2) is 4.39 Å². The lowest BCUT2D eigenvalue weighted by Crippen LogP contribution is -2.30. The van der Waals surface area contributed by atoms with Gasteiger partial charge < -0.3 is 11.1 Å². The van der Waals surface area contributed by atoms with Crippen LogP contribution in [0, 0.1) is 11.7 Å². The number of rotatable bonds is 8. The molecule has 112 valence electrons. The van der Waals surface area contributed by atoms with Crippen molar-refractivity contribution in [2.75, 3.05) is 0 Å². The fourth-order valence-corrected chi connectivity index (χ4v) is 2.29. The van der Waals surface area contributed by atoms with Crippen LogP contribution in [-0.2, 0) is 17.9 Å². The van der Waals surface area contributed by atoms with Crippen LogP contribution in [0.1, 0.15) is 50.7 Å². The van der Waals surface area contributed by atoms with Gasteiger partial charge >= 0.3 is 0 Å². The van der Waals surface area contributed by atoms with Crippen molar-refractivity contribution in [3.63, 3.8) is 0 Å². The van der Waals surface area contributed by atoms with Crippen molar-refractivity contribution in [1.82, 2.24) is 5.32 Å². The summed E-state index contributed by atoms with van der Waals surface area (Å²) >= 11 is 0. The lowest BCUT2D eigenvalue weighted by atomic mass is 9.97. The molecule has 3 nitrogen and oxygen atoms in total. The Balaban J connectivity index is 2.59. The third-order valence-corrected chi connectivity index (χ3v) is 3.45. The van der Waals surface area contributed by atoms with E-state index < -0.39 is 0 Å². The van der Waals surface area contributed by atoms with Gasteiger partial charge in [-0.3, -0.25) is 4.79 Å². The van der Waals surface area contributed by atoms with Gasteiger partial charge in [-0.15, -0.1) is 0 Å². The van der Waals surface area contributed by atoms with Crippen LogP contribution in [0.5, 0.6) is 0 Å². The molecule has 0 radical (unpaired) electrons. The van der Waals surface area contributed by atoms with Gasteiger partial charge in [0.2, 0.25) is 5.91 Å². The van der Waals surface area contributed by atoms with Gasteiger partial charge in [-0.2, -0.15) is 0 Å². The number of carbonyl (C=O) groups is 1. The largest absolute Gasteiger partial charge is 0.352 e. The van der Waals surface area contributed by atoms with Gasteiger partial charge in [-0.1, -0.05) is 38.8 Å². The Hall–Kier alpha value is -1.42. The van der Waals surface area contributed by atoms with Crippen molar-refractivity contribution in [1.29, 1.82) is 0 Å². The Morgan fingerprint density at radius 1 is 1.30 bits per heavy atom. The molecule has 0 bridgehead atoms. The second kappa shape index (κ2) is 8.69. The molecule has 0 aliphatic carbocycles. The minimum absolute atomic E-state index is 0.0241. The van der Waals surface area contributed by atoms with E-state index in [1.807, 2.05) is 0 Å². The second-order valence-corrected chi connectivity index (χ2v) is 5.12. The third kappa shape index (κ3) is 4.93. The van der Waals surface area contributed by atoms with E-state index in [1.54, 1.807) is 12.1 Å². The van der Waals surface area contributed by atoms with Crippen LogP contribution in [0.2, 0.25) is 0 Å². The van der Waals surface area contributed by atoms with E-state index >= 15 is 0 Å². The first-order chi connectivity index (χ1) is 9.62. The summed E-state index contributed by atoms with van der Waals surface area (Å²) in [4.78, 5) is 12.1. The van der Waals surface area contributed by atoms with Crippen LogP contribution in [0.4, 0.5) is 4.39 Å². The van der Waals surface area contributed by atoms with Gasteiger partial charge in [0.15, 0.2) is 0 Å². The monoisotopic (exact) mass is 280 g/mol. The number of carbonyl (C=O) groups excluding carboxylic acids is 1. The molecule has 0 spiro atoms. The molecule has 3 N–H and O–H groups in total. The predicted octanol–water partition coefficient (Wildman–Crippen LogP) is 3.12. The summed E-state index contributed by atoms with van der Waals surface area (Å²) < 4.78 is 13.8. The summed E-state index contributed by atoms with van der Waals surface area (Å²) in [7, 11) is 0. The quantitative estimate of drug-likeness (QED) is 0.768. The van der Waals surface area contributed by atoms with Crippen LogP contribution in [0.25, 0.3) is 0 Å². The number of nitrogens with two attached hydrogens (primary N) is 1. The molecule has 0 aliphatic rings. The van der Waals surface area contributed by atoms with Gasteiger partial charge in [-0.05, 0) is 24.5 Å². The Labute approximate surface area is 120 Å². The fraction of sp³-hybridized carbons (Fsp3) is 0.562. The van der Waals surface area contributed by atoms with Crippen LogP contribution >= 0.6 is 0 Å². The maximum atomic E-state index is 13.8. The minimum atomic E-state index is -0.309. The number of benzene rings is 1. The summed E-state index contributed by atoms with van der Waals surface area (Å²) in [5, 5.41) is 2.84. The molecule has 0 atom stereocenters. The van der Waals surface area contributed by atoms with Crippen molar-refractivity contribution < 1.29 is 9.18 Å². The number of nitrogens with one attached hydrogen (secondary N) is 1. The molecule has 0 saturated carbocycles. The zero-order valence-corrected chi connectivity index (χ0v) is 12.4. The molecule has 1 rings (SSSR count). The van der Waals surface area contributed by atoms with Gasteiger partial charge in [0.1, 0.15) is 5.82 Å². The average Bonchev–Trinajstić information content (AvgIpc) is 2.45. The molecule has 4 heteroatoms. The van der Waals surface area contributed by atoms with E-state index in [0.29, 0.717) is 12.1 Å². The molecule has 0 fully saturated rings. The SMILES string of the molecule is CCCC(CCC)C(=O)NCc1ccc(CN)cc1F. The summed E-state index contributed by atoms with van der Waals surface area (Å²) in [6.07, 6.45) is 3.73. The Morgan fingerprint density at radius 3 is 2.45 bits per heavy atom. The fourth-order valence-electron chi connectivity index (χ4n) is 2.29. The summed E-state index contributed by atoms with van der Waals surface area (Å²) in [6, 6.07) is 4.91. The van der Waals surface area contributed by atoms with E-state index in [0.717, 1.165) is 31.2 Å². The van der Waals surface area contributed by atoms with E-state index in [1.165, 1.54) is 6.07 Å². The highest BCUT2D eigenvalue weighted by Gasteiger charge is 2.16. The van der Waals surface area contributed by atoms with Crippen molar-refractivity contribution in [3.05, 3.63) is 35.1 Å². The summed E-state index contributed by atoms with van der Waals surface area (Å²) in [5.41, 5.74) is 6.72. The number of halogens is 1. The van der Waals surface area contributed by atoms with Gasteiger partial charge in [0.05, 0.1) is 0 Å². The second-order valence-electron chi connectivity index (χ2n) is 5.12. The van der Waals surface area contributed by atoms with Crippen molar-refractivity contribution >= 4 is 5.91 Å². The van der Waals surface area contributed by atoms with Crippen LogP contribution < -0.4 is 11.1 Å². The van der Waals surface area contributed by atoms with Crippen molar-refractivity contribution in [2.24, 2.45) is 11.7 Å². The maximum Gasteiger partial charge on any atom is 0.223 e. The van der Waals surface area contributed by atoms with Gasteiger partial charge in [0, 0.05) is 24.6 Å². The molecule has 1 aromatic carbocycles. The molecule has 0 unspecified atom stereocenters. The highest BCUT2D eigenvalue weighted by Crippen LogP contribution is 2.15. The van der Waals surface area contributed by atoms with Crippen molar-refractivity contribution in [3.8, 4) is 0 Å². The maximum absolute atomic E-state index is 13.8. The molecule has 1 aromatic rings. The third-order valence-electron chi connectivity index (χ3n) is 3.45. The van der Waals surface area contributed by atoms with E-state index in [4.69, 9.17) is 5.73 Å². The number of hydrogen-bond donors (Lipinski definition) is 2.